The lowest BCUT2D eigenvalue weighted by molar-refractivity contribution is 0.533. The molecule has 1 rings (SSSR count). The van der Waals surface area contributed by atoms with Crippen LogP contribution in [0.4, 0.5) is 4.39 Å². The van der Waals surface area contributed by atoms with E-state index in [9.17, 15) is 4.39 Å². The Labute approximate surface area is 89.3 Å². The van der Waals surface area contributed by atoms with Gasteiger partial charge in [0.15, 0.2) is 0 Å². The maximum atomic E-state index is 12.7. The molecule has 14 heavy (non-hydrogen) atoms. The van der Waals surface area contributed by atoms with Crippen molar-refractivity contribution in [1.29, 1.82) is 0 Å². The predicted molar refractivity (Wildman–Crippen MR) is 58.0 cm³/mol. The molecule has 0 bridgehead atoms. The van der Waals surface area contributed by atoms with Gasteiger partial charge in [0.2, 0.25) is 0 Å². The van der Waals surface area contributed by atoms with Gasteiger partial charge in [-0.05, 0) is 31.0 Å². The highest BCUT2D eigenvalue weighted by molar-refractivity contribution is 6.31. The molecule has 0 spiro atoms. The molecule has 0 fully saturated rings. The molecule has 0 saturated carbocycles. The lowest BCUT2D eigenvalue weighted by Crippen LogP contribution is -2.24. The van der Waals surface area contributed by atoms with Gasteiger partial charge in [0.05, 0.1) is 0 Å². The Kier molecular flexibility index (Phi) is 4.36. The molecule has 0 amide bonds. The Hall–Kier alpha value is -0.600. The van der Waals surface area contributed by atoms with Crippen molar-refractivity contribution in [3.05, 3.63) is 34.6 Å². The summed E-state index contributed by atoms with van der Waals surface area (Å²) < 4.78 is 12.7. The monoisotopic (exact) mass is 215 g/mol. The van der Waals surface area contributed by atoms with Crippen molar-refractivity contribution in [2.45, 2.75) is 32.9 Å². The van der Waals surface area contributed by atoms with E-state index in [1.807, 2.05) is 0 Å². The van der Waals surface area contributed by atoms with Crippen molar-refractivity contribution in [3.8, 4) is 0 Å². The minimum atomic E-state index is -0.290. The van der Waals surface area contributed by atoms with Gasteiger partial charge in [0, 0.05) is 17.6 Å². The Bertz CT molecular complexity index is 301. The smallest absolute Gasteiger partial charge is 0.124 e. The van der Waals surface area contributed by atoms with Crippen LogP contribution in [0.2, 0.25) is 5.02 Å². The van der Waals surface area contributed by atoms with Crippen molar-refractivity contribution in [1.82, 2.24) is 5.32 Å². The van der Waals surface area contributed by atoms with Crippen molar-refractivity contribution in [3.63, 3.8) is 0 Å². The van der Waals surface area contributed by atoms with Crippen molar-refractivity contribution in [2.75, 3.05) is 0 Å². The second-order valence-corrected chi connectivity index (χ2v) is 3.83. The summed E-state index contributed by atoms with van der Waals surface area (Å²) in [6, 6.07) is 4.94. The molecule has 0 aliphatic rings. The summed E-state index contributed by atoms with van der Waals surface area (Å²) in [5.74, 6) is -0.290. The molecule has 1 aromatic rings. The molecule has 1 unspecified atom stereocenters. The zero-order valence-electron chi connectivity index (χ0n) is 8.48. The van der Waals surface area contributed by atoms with Crippen LogP contribution in [0.15, 0.2) is 18.2 Å². The van der Waals surface area contributed by atoms with Crippen LogP contribution in [-0.2, 0) is 6.54 Å². The van der Waals surface area contributed by atoms with E-state index in [1.165, 1.54) is 12.1 Å². The van der Waals surface area contributed by atoms with Crippen LogP contribution >= 0.6 is 11.6 Å². The second kappa shape index (κ2) is 5.32. The molecular formula is C11H15ClFN. The van der Waals surface area contributed by atoms with Gasteiger partial charge >= 0.3 is 0 Å². The van der Waals surface area contributed by atoms with Crippen LogP contribution in [0.5, 0.6) is 0 Å². The Balaban J connectivity index is 2.59. The van der Waals surface area contributed by atoms with Crippen LogP contribution in [0.1, 0.15) is 25.8 Å². The first-order valence-electron chi connectivity index (χ1n) is 4.80. The molecule has 3 heteroatoms. The van der Waals surface area contributed by atoms with E-state index >= 15 is 0 Å². The fraction of sp³-hybridized carbons (Fsp3) is 0.455. The number of rotatable bonds is 4. The average molecular weight is 216 g/mol. The fourth-order valence-electron chi connectivity index (χ4n) is 1.09. The quantitative estimate of drug-likeness (QED) is 0.812. The minimum Gasteiger partial charge on any atom is -0.310 e. The Morgan fingerprint density at radius 3 is 2.79 bits per heavy atom. The molecule has 1 aromatic carbocycles. The molecule has 1 N–H and O–H groups in total. The number of benzene rings is 1. The van der Waals surface area contributed by atoms with E-state index in [2.05, 4.69) is 19.2 Å². The van der Waals surface area contributed by atoms with Gasteiger partial charge in [-0.1, -0.05) is 24.6 Å². The largest absolute Gasteiger partial charge is 0.310 e. The fourth-order valence-corrected chi connectivity index (χ4v) is 1.33. The third kappa shape index (κ3) is 3.28. The summed E-state index contributed by atoms with van der Waals surface area (Å²) in [6.45, 7) is 4.91. The first kappa shape index (κ1) is 11.5. The van der Waals surface area contributed by atoms with E-state index in [1.54, 1.807) is 6.07 Å². The molecule has 1 nitrogen and oxygen atoms in total. The van der Waals surface area contributed by atoms with Crippen LogP contribution in [0, 0.1) is 5.82 Å². The summed E-state index contributed by atoms with van der Waals surface area (Å²) in [4.78, 5) is 0. The van der Waals surface area contributed by atoms with Gasteiger partial charge in [-0.3, -0.25) is 0 Å². The maximum absolute atomic E-state index is 12.7. The number of nitrogens with one attached hydrogen (secondary N) is 1. The third-order valence-electron chi connectivity index (χ3n) is 2.27. The van der Waals surface area contributed by atoms with E-state index in [-0.39, 0.29) is 5.82 Å². The lowest BCUT2D eigenvalue weighted by Gasteiger charge is -2.11. The molecule has 0 aromatic heterocycles. The Morgan fingerprint density at radius 1 is 1.50 bits per heavy atom. The zero-order valence-corrected chi connectivity index (χ0v) is 9.24. The van der Waals surface area contributed by atoms with Gasteiger partial charge in [0.1, 0.15) is 5.82 Å². The molecule has 78 valence electrons. The topological polar surface area (TPSA) is 12.0 Å². The maximum Gasteiger partial charge on any atom is 0.124 e. The summed E-state index contributed by atoms with van der Waals surface area (Å²) in [6.07, 6.45) is 1.07. The lowest BCUT2D eigenvalue weighted by atomic mass is 10.2. The SMILES string of the molecule is CCC(C)NCc1ccc(F)cc1Cl. The average Bonchev–Trinajstić information content (AvgIpc) is 2.16. The van der Waals surface area contributed by atoms with E-state index in [4.69, 9.17) is 11.6 Å². The highest BCUT2D eigenvalue weighted by atomic mass is 35.5. The van der Waals surface area contributed by atoms with E-state index < -0.39 is 0 Å². The van der Waals surface area contributed by atoms with Crippen LogP contribution in [0.25, 0.3) is 0 Å². The first-order valence-corrected chi connectivity index (χ1v) is 5.18. The standard InChI is InChI=1S/C11H15ClFN/c1-3-8(2)14-7-9-4-5-10(13)6-11(9)12/h4-6,8,14H,3,7H2,1-2H3. The molecule has 0 saturated heterocycles. The van der Waals surface area contributed by atoms with Crippen molar-refractivity contribution < 1.29 is 4.39 Å². The molecular weight excluding hydrogens is 201 g/mol. The number of hydrogen-bond acceptors (Lipinski definition) is 1. The third-order valence-corrected chi connectivity index (χ3v) is 2.62. The van der Waals surface area contributed by atoms with Gasteiger partial charge in [-0.15, -0.1) is 0 Å². The van der Waals surface area contributed by atoms with Crippen molar-refractivity contribution >= 4 is 11.6 Å². The normalized spacial score (nSPS) is 12.9. The summed E-state index contributed by atoms with van der Waals surface area (Å²) >= 11 is 5.88. The molecule has 0 aliphatic heterocycles. The summed E-state index contributed by atoms with van der Waals surface area (Å²) in [5.41, 5.74) is 0.938. The zero-order chi connectivity index (χ0) is 10.6. The number of halogens is 2. The summed E-state index contributed by atoms with van der Waals surface area (Å²) in [7, 11) is 0. The van der Waals surface area contributed by atoms with Crippen molar-refractivity contribution in [2.24, 2.45) is 0 Å². The number of hydrogen-bond donors (Lipinski definition) is 1. The molecule has 0 heterocycles. The highest BCUT2D eigenvalue weighted by Gasteiger charge is 2.03. The molecule has 0 aliphatic carbocycles. The van der Waals surface area contributed by atoms with Gasteiger partial charge < -0.3 is 5.32 Å². The molecule has 0 radical (unpaired) electrons. The molecule has 1 atom stereocenters. The van der Waals surface area contributed by atoms with Crippen LogP contribution in [0.3, 0.4) is 0 Å². The highest BCUT2D eigenvalue weighted by Crippen LogP contribution is 2.17. The van der Waals surface area contributed by atoms with Gasteiger partial charge in [0.25, 0.3) is 0 Å². The van der Waals surface area contributed by atoms with Crippen LogP contribution < -0.4 is 5.32 Å². The minimum absolute atomic E-state index is 0.290. The predicted octanol–water partition coefficient (Wildman–Crippen LogP) is 3.37. The van der Waals surface area contributed by atoms with Crippen LogP contribution in [-0.4, -0.2) is 6.04 Å². The van der Waals surface area contributed by atoms with Gasteiger partial charge in [-0.25, -0.2) is 4.39 Å². The Morgan fingerprint density at radius 2 is 2.21 bits per heavy atom. The second-order valence-electron chi connectivity index (χ2n) is 3.43. The van der Waals surface area contributed by atoms with Gasteiger partial charge in [-0.2, -0.15) is 0 Å². The first-order chi connectivity index (χ1) is 6.63. The van der Waals surface area contributed by atoms with E-state index in [0.29, 0.717) is 17.6 Å². The van der Waals surface area contributed by atoms with E-state index in [0.717, 1.165) is 12.0 Å². The summed E-state index contributed by atoms with van der Waals surface area (Å²) in [5, 5.41) is 3.79.